The van der Waals surface area contributed by atoms with E-state index in [0.29, 0.717) is 11.3 Å². The third-order valence-electron chi connectivity index (χ3n) is 8.46. The van der Waals surface area contributed by atoms with Crippen LogP contribution in [0.1, 0.15) is 57.2 Å². The number of primary amides is 1. The summed E-state index contributed by atoms with van der Waals surface area (Å²) in [5, 5.41) is 45.6. The number of fused-ring (bicyclic) bond motifs is 3. The van der Waals surface area contributed by atoms with Crippen LogP contribution in [0.5, 0.6) is 5.75 Å². The summed E-state index contributed by atoms with van der Waals surface area (Å²) in [6, 6.07) is 1.67. The first-order valence-electron chi connectivity index (χ1n) is 14.8. The number of Topliss-reactive ketones (excluding diaryl/α,β-unsaturated/α-hetero) is 3. The lowest BCUT2D eigenvalue weighted by atomic mass is 9.59. The van der Waals surface area contributed by atoms with Crippen molar-refractivity contribution in [1.29, 1.82) is 0 Å². The summed E-state index contributed by atoms with van der Waals surface area (Å²) in [5.74, 6) is -7.38. The summed E-state index contributed by atoms with van der Waals surface area (Å²) >= 11 is 0. The average Bonchev–Trinajstić information content (AvgIpc) is 2.92. The zero-order chi connectivity index (χ0) is 34.5. The van der Waals surface area contributed by atoms with Crippen LogP contribution in [0, 0.1) is 17.3 Å². The van der Waals surface area contributed by atoms with Crippen molar-refractivity contribution in [3.63, 3.8) is 0 Å². The van der Waals surface area contributed by atoms with Gasteiger partial charge in [0.05, 0.1) is 12.1 Å². The minimum Gasteiger partial charge on any atom is -0.508 e. The number of rotatable bonds is 9. The van der Waals surface area contributed by atoms with Gasteiger partial charge in [0.25, 0.3) is 5.91 Å². The number of nitrogens with zero attached hydrogens (tertiary/aromatic N) is 2. The number of hydrogen-bond acceptors (Lipinski definition) is 12. The average molecular weight is 644 g/mol. The number of phenols is 1. The van der Waals surface area contributed by atoms with Crippen molar-refractivity contribution in [2.24, 2.45) is 23.0 Å². The first-order valence-corrected chi connectivity index (χ1v) is 14.8. The van der Waals surface area contributed by atoms with Crippen LogP contribution in [-0.2, 0) is 41.6 Å². The van der Waals surface area contributed by atoms with Crippen molar-refractivity contribution in [3.05, 3.63) is 39.7 Å². The van der Waals surface area contributed by atoms with Crippen LogP contribution < -0.4 is 10.6 Å². The van der Waals surface area contributed by atoms with Crippen molar-refractivity contribution in [2.45, 2.75) is 59.1 Å². The number of benzene rings is 1. The Hall–Kier alpha value is -4.43. The van der Waals surface area contributed by atoms with E-state index in [0.717, 1.165) is 0 Å². The molecule has 1 saturated carbocycles. The van der Waals surface area contributed by atoms with Crippen LogP contribution in [0.4, 0.5) is 10.5 Å². The quantitative estimate of drug-likeness (QED) is 0.148. The van der Waals surface area contributed by atoms with E-state index in [1.54, 1.807) is 25.1 Å². The van der Waals surface area contributed by atoms with Gasteiger partial charge in [-0.25, -0.2) is 4.79 Å². The van der Waals surface area contributed by atoms with Gasteiger partial charge < -0.3 is 45.4 Å². The first-order chi connectivity index (χ1) is 21.3. The lowest BCUT2D eigenvalue weighted by molar-refractivity contribution is -0.147. The van der Waals surface area contributed by atoms with Crippen molar-refractivity contribution < 1.29 is 53.9 Å². The van der Waals surface area contributed by atoms with E-state index < -0.39 is 82.5 Å². The van der Waals surface area contributed by atoms with Crippen LogP contribution in [0.15, 0.2) is 23.0 Å². The number of ketones is 3. The molecule has 250 valence electrons. The third-order valence-corrected chi connectivity index (χ3v) is 8.46. The van der Waals surface area contributed by atoms with Crippen LogP contribution in [-0.4, -0.2) is 94.3 Å². The summed E-state index contributed by atoms with van der Waals surface area (Å²) in [6.45, 7) is 6.32. The SMILES string of the molecule is CC(=O)COCOC(=O)N(Cc1cc(N(C)C)c2c(c1O)C(O)=C1C(=O)[C@]3(O)C(O)=C(C(N)=O)C(=O)C[C@@H]3C[C@@H]1C2)CC(C)(C)C. The second kappa shape index (κ2) is 12.4. The summed E-state index contributed by atoms with van der Waals surface area (Å²) in [5.41, 5.74) is 2.26. The molecule has 1 fully saturated rings. The molecule has 3 aliphatic carbocycles. The smallest absolute Gasteiger partial charge is 0.412 e. The summed E-state index contributed by atoms with van der Waals surface area (Å²) < 4.78 is 10.3. The lowest BCUT2D eigenvalue weighted by Gasteiger charge is -2.46. The number of anilines is 1. The standard InChI is InChI=1S/C32H41N3O11/c1-15(36)12-45-14-46-30(43)35(13-31(2,3)4)11-17-9-20(34(5)6)19-8-16-7-18-10-21(37)24(29(33)42)28(41)32(18,44)27(40)22(16)26(39)23(19)25(17)38/h9,16,18,38-39,41,44H,7-8,10-14H2,1-6H3,(H2,33,42)/t16-,18+,32+/m1/s1. The highest BCUT2D eigenvalue weighted by Gasteiger charge is 2.60. The lowest BCUT2D eigenvalue weighted by Crippen LogP contribution is -2.58. The normalized spacial score (nSPS) is 22.6. The Bertz CT molecular complexity index is 1570. The van der Waals surface area contributed by atoms with Crippen molar-refractivity contribution in [1.82, 2.24) is 4.90 Å². The predicted molar refractivity (Wildman–Crippen MR) is 164 cm³/mol. The third kappa shape index (κ3) is 6.18. The maximum atomic E-state index is 13.9. The van der Waals surface area contributed by atoms with E-state index in [9.17, 15) is 44.4 Å². The zero-order valence-corrected chi connectivity index (χ0v) is 26.8. The number of aromatic hydroxyl groups is 1. The van der Waals surface area contributed by atoms with E-state index in [1.165, 1.54) is 11.8 Å². The summed E-state index contributed by atoms with van der Waals surface area (Å²) in [6.07, 6.45) is -1.04. The number of ether oxygens (including phenoxy) is 2. The molecule has 0 saturated heterocycles. The molecule has 14 heteroatoms. The molecule has 0 spiro atoms. The number of carbonyl (C=O) groups excluding carboxylic acids is 5. The minimum absolute atomic E-state index is 0.00912. The molecule has 0 unspecified atom stereocenters. The molecule has 46 heavy (non-hydrogen) atoms. The van der Waals surface area contributed by atoms with Gasteiger partial charge in [0, 0.05) is 49.8 Å². The minimum atomic E-state index is -2.68. The zero-order valence-electron chi connectivity index (χ0n) is 26.8. The van der Waals surface area contributed by atoms with E-state index in [-0.39, 0.29) is 55.0 Å². The van der Waals surface area contributed by atoms with Gasteiger partial charge in [0.1, 0.15) is 29.4 Å². The molecule has 2 amide bonds. The van der Waals surface area contributed by atoms with Crippen molar-refractivity contribution in [2.75, 3.05) is 38.9 Å². The van der Waals surface area contributed by atoms with Crippen molar-refractivity contribution >= 4 is 40.8 Å². The number of amides is 2. The predicted octanol–water partition coefficient (Wildman–Crippen LogP) is 2.04. The fourth-order valence-corrected chi connectivity index (χ4v) is 6.58. The molecule has 1 aromatic carbocycles. The van der Waals surface area contributed by atoms with Gasteiger partial charge in [-0.15, -0.1) is 0 Å². The van der Waals surface area contributed by atoms with Crippen molar-refractivity contribution in [3.8, 4) is 5.75 Å². The second-order valence-electron chi connectivity index (χ2n) is 13.6. The maximum Gasteiger partial charge on any atom is 0.412 e. The molecule has 6 N–H and O–H groups in total. The molecule has 0 bridgehead atoms. The van der Waals surface area contributed by atoms with E-state index >= 15 is 0 Å². The fourth-order valence-electron chi connectivity index (χ4n) is 6.58. The Morgan fingerprint density at radius 2 is 1.76 bits per heavy atom. The van der Waals surface area contributed by atoms with Gasteiger partial charge in [-0.1, -0.05) is 20.8 Å². The molecular formula is C32H41N3O11. The largest absolute Gasteiger partial charge is 0.508 e. The number of carbonyl (C=O) groups is 5. The first kappa shape index (κ1) is 34.4. The van der Waals surface area contributed by atoms with Gasteiger partial charge in [-0.2, -0.15) is 0 Å². The summed E-state index contributed by atoms with van der Waals surface area (Å²) in [4.78, 5) is 65.8. The molecule has 0 radical (unpaired) electrons. The number of aliphatic hydroxyl groups is 3. The number of phenolic OH excluding ortho intramolecular Hbond substituents is 1. The van der Waals surface area contributed by atoms with Crippen LogP contribution in [0.25, 0.3) is 5.76 Å². The van der Waals surface area contributed by atoms with Gasteiger partial charge in [-0.3, -0.25) is 19.2 Å². The van der Waals surface area contributed by atoms with E-state index in [1.807, 2.05) is 20.8 Å². The molecule has 3 atom stereocenters. The number of aliphatic hydroxyl groups excluding tert-OH is 2. The van der Waals surface area contributed by atoms with Gasteiger partial charge in [-0.05, 0) is 42.7 Å². The Balaban J connectivity index is 1.81. The van der Waals surface area contributed by atoms with Crippen LogP contribution in [0.2, 0.25) is 0 Å². The monoisotopic (exact) mass is 643 g/mol. The van der Waals surface area contributed by atoms with E-state index in [4.69, 9.17) is 15.2 Å². The summed E-state index contributed by atoms with van der Waals surface area (Å²) in [7, 11) is 3.50. The maximum absolute atomic E-state index is 13.9. The molecule has 0 heterocycles. The Morgan fingerprint density at radius 1 is 1.11 bits per heavy atom. The molecule has 14 nitrogen and oxygen atoms in total. The molecule has 0 aromatic heterocycles. The highest BCUT2D eigenvalue weighted by atomic mass is 16.7. The highest BCUT2D eigenvalue weighted by Crippen LogP contribution is 2.53. The second-order valence-corrected chi connectivity index (χ2v) is 13.6. The molecule has 1 aromatic rings. The molecule has 0 aliphatic heterocycles. The Morgan fingerprint density at radius 3 is 2.33 bits per heavy atom. The highest BCUT2D eigenvalue weighted by molar-refractivity contribution is 6.22. The molecule has 3 aliphatic rings. The molecular weight excluding hydrogens is 602 g/mol. The Kier molecular flexibility index (Phi) is 9.29. The van der Waals surface area contributed by atoms with Crippen LogP contribution >= 0.6 is 0 Å². The van der Waals surface area contributed by atoms with Crippen LogP contribution in [0.3, 0.4) is 0 Å². The fraction of sp³-hybridized carbons (Fsp3) is 0.531. The van der Waals surface area contributed by atoms with E-state index in [2.05, 4.69) is 0 Å². The molecule has 4 rings (SSSR count). The van der Waals surface area contributed by atoms with Gasteiger partial charge >= 0.3 is 6.09 Å². The number of nitrogens with two attached hydrogens (primary N) is 1. The number of hydrogen-bond donors (Lipinski definition) is 5. The van der Waals surface area contributed by atoms with Gasteiger partial charge in [0.2, 0.25) is 5.78 Å². The topological polar surface area (TPSA) is 217 Å². The van der Waals surface area contributed by atoms with Gasteiger partial charge in [0.15, 0.2) is 24.0 Å². The Labute approximate surface area is 266 Å².